The van der Waals surface area contributed by atoms with Crippen LogP contribution in [0.15, 0.2) is 212 Å². The van der Waals surface area contributed by atoms with Crippen LogP contribution in [0, 0.1) is 0 Å². The first-order valence-electron chi connectivity index (χ1n) is 27.4. The van der Waals surface area contributed by atoms with Crippen LogP contribution in [0.5, 0.6) is 0 Å². The minimum atomic E-state index is -1.39. The van der Waals surface area contributed by atoms with Gasteiger partial charge in [0.05, 0.1) is 65.1 Å². The highest BCUT2D eigenvalue weighted by atomic mass is 16.8. The molecule has 3 fully saturated rings. The van der Waals surface area contributed by atoms with E-state index in [0.717, 1.165) is 38.9 Å². The fourth-order valence-corrected chi connectivity index (χ4v) is 10.3. The first kappa shape index (κ1) is 56.3. The summed E-state index contributed by atoms with van der Waals surface area (Å²) >= 11 is 0. The maximum atomic E-state index is 11.9. The third kappa shape index (κ3) is 15.7. The Labute approximate surface area is 464 Å². The highest BCUT2D eigenvalue weighted by molar-refractivity contribution is 5.19. The lowest BCUT2D eigenvalue weighted by Crippen LogP contribution is -2.65. The number of aliphatic hydroxyl groups excluding tert-OH is 1. The molecule has 13 nitrogen and oxygen atoms in total. The fraction of sp³-hybridized carbons (Fsp3) is 0.364. The first-order chi connectivity index (χ1) is 38.9. The molecule has 0 spiro atoms. The molecule has 3 aliphatic rings. The third-order valence-electron chi connectivity index (χ3n) is 14.4. The number of rotatable bonds is 26. The second kappa shape index (κ2) is 28.9. The Morgan fingerprint density at radius 3 is 0.962 bits per heavy atom. The fourth-order valence-electron chi connectivity index (χ4n) is 10.3. The van der Waals surface area contributed by atoms with Crippen LogP contribution in [0.3, 0.4) is 0 Å². The topological polar surface area (TPSA) is 131 Å². The molecule has 79 heavy (non-hydrogen) atoms. The van der Waals surface area contributed by atoms with Crippen molar-refractivity contribution in [2.45, 2.75) is 146 Å². The molecule has 10 rings (SSSR count). The molecular weight excluding hydrogens is 1000 g/mol. The number of hydrogen-bond donors (Lipinski definition) is 1. The van der Waals surface area contributed by atoms with Crippen LogP contribution >= 0.6 is 0 Å². The standard InChI is InChI=1S/C66H72O13/c1-46-56(69-39-49-26-12-4-13-27-49)59(61(64(67)75-46)72-42-52-32-18-7-19-33-52)78-65-63(74-44-54-36-22-9-23-37-54)60(57(47(2)76-65)70-40-50-28-14-5-15-29-50)79-66-62(73-43-53-34-20-8-21-35-53)58(71-41-51-30-16-6-17-31-51)55(77-66)45-68-38-48-24-10-3-11-25-48/h3-37,46-47,55-67H,38-45H2,1-2H3/t46-,47-,55+,56-,57-,58+,59+,60+,61+,62+,63+,64?,65-,66-/m0/s1. The lowest BCUT2D eigenvalue weighted by molar-refractivity contribution is -0.377. The van der Waals surface area contributed by atoms with Crippen molar-refractivity contribution in [1.29, 1.82) is 0 Å². The second-order valence-electron chi connectivity index (χ2n) is 20.3. The van der Waals surface area contributed by atoms with E-state index in [1.165, 1.54) is 0 Å². The average Bonchev–Trinajstić information content (AvgIpc) is 3.86. The van der Waals surface area contributed by atoms with Crippen LogP contribution in [-0.4, -0.2) is 97.7 Å². The van der Waals surface area contributed by atoms with E-state index in [4.69, 9.17) is 56.8 Å². The monoisotopic (exact) mass is 1070 g/mol. The highest BCUT2D eigenvalue weighted by Crippen LogP contribution is 2.39. The molecule has 0 amide bonds. The van der Waals surface area contributed by atoms with Gasteiger partial charge in [0.25, 0.3) is 0 Å². The molecule has 1 N–H and O–H groups in total. The lowest BCUT2D eigenvalue weighted by Gasteiger charge is -2.49. The molecule has 0 radical (unpaired) electrons. The number of benzene rings is 7. The molecule has 0 saturated carbocycles. The van der Waals surface area contributed by atoms with Crippen LogP contribution in [0.1, 0.15) is 52.8 Å². The molecule has 0 aliphatic carbocycles. The van der Waals surface area contributed by atoms with E-state index < -0.39 is 86.0 Å². The highest BCUT2D eigenvalue weighted by Gasteiger charge is 2.56. The van der Waals surface area contributed by atoms with Crippen LogP contribution in [-0.2, 0) is 103 Å². The van der Waals surface area contributed by atoms with Crippen molar-refractivity contribution in [2.75, 3.05) is 6.61 Å². The first-order valence-corrected chi connectivity index (χ1v) is 27.4. The Bertz CT molecular complexity index is 2730. The van der Waals surface area contributed by atoms with Gasteiger partial charge in [0.1, 0.15) is 54.9 Å². The van der Waals surface area contributed by atoms with Gasteiger partial charge in [0.15, 0.2) is 18.9 Å². The number of ether oxygens (including phenoxy) is 12. The summed E-state index contributed by atoms with van der Waals surface area (Å²) < 4.78 is 82.9. The van der Waals surface area contributed by atoms with Crippen LogP contribution < -0.4 is 0 Å². The smallest absolute Gasteiger partial charge is 0.187 e. The Kier molecular flexibility index (Phi) is 20.6. The zero-order valence-corrected chi connectivity index (χ0v) is 44.8. The average molecular weight is 1070 g/mol. The van der Waals surface area contributed by atoms with E-state index in [1.807, 2.05) is 226 Å². The Morgan fingerprint density at radius 2 is 0.582 bits per heavy atom. The van der Waals surface area contributed by atoms with Gasteiger partial charge in [-0.3, -0.25) is 0 Å². The summed E-state index contributed by atoms with van der Waals surface area (Å²) in [6.45, 7) is 5.66. The zero-order valence-electron chi connectivity index (χ0n) is 44.8. The predicted molar refractivity (Wildman–Crippen MR) is 296 cm³/mol. The molecule has 13 heteroatoms. The minimum Gasteiger partial charge on any atom is -0.374 e. The molecule has 414 valence electrons. The van der Waals surface area contributed by atoms with Gasteiger partial charge in [-0.25, -0.2) is 0 Å². The van der Waals surface area contributed by atoms with Crippen molar-refractivity contribution < 1.29 is 61.9 Å². The predicted octanol–water partition coefficient (Wildman–Crippen LogP) is 10.7. The summed E-state index contributed by atoms with van der Waals surface area (Å²) in [6, 6.07) is 69.6. The second-order valence-corrected chi connectivity index (χ2v) is 20.3. The number of aliphatic hydroxyl groups is 1. The Balaban J connectivity index is 1.02. The molecule has 0 aromatic heterocycles. The van der Waals surface area contributed by atoms with Crippen molar-refractivity contribution in [2.24, 2.45) is 0 Å². The van der Waals surface area contributed by atoms with Gasteiger partial charge >= 0.3 is 0 Å². The van der Waals surface area contributed by atoms with Gasteiger partial charge in [-0.2, -0.15) is 0 Å². The van der Waals surface area contributed by atoms with Gasteiger partial charge in [0, 0.05) is 0 Å². The van der Waals surface area contributed by atoms with Crippen molar-refractivity contribution in [1.82, 2.24) is 0 Å². The van der Waals surface area contributed by atoms with Crippen LogP contribution in [0.25, 0.3) is 0 Å². The molecular formula is C66H72O13. The van der Waals surface area contributed by atoms with Crippen LogP contribution in [0.4, 0.5) is 0 Å². The van der Waals surface area contributed by atoms with E-state index in [1.54, 1.807) is 0 Å². The van der Waals surface area contributed by atoms with E-state index in [0.29, 0.717) is 6.61 Å². The van der Waals surface area contributed by atoms with Crippen molar-refractivity contribution in [3.8, 4) is 0 Å². The summed E-state index contributed by atoms with van der Waals surface area (Å²) in [7, 11) is 0. The van der Waals surface area contributed by atoms with E-state index in [9.17, 15) is 5.11 Å². The Hall–Kier alpha value is -5.98. The molecule has 1 unspecified atom stereocenters. The molecule has 7 aromatic rings. The molecule has 14 atom stereocenters. The molecule has 3 saturated heterocycles. The van der Waals surface area contributed by atoms with Gasteiger partial charge in [-0.15, -0.1) is 0 Å². The van der Waals surface area contributed by atoms with E-state index >= 15 is 0 Å². The normalized spacial score (nSPS) is 27.9. The summed E-state index contributed by atoms with van der Waals surface area (Å²) in [4.78, 5) is 0. The van der Waals surface area contributed by atoms with Crippen molar-refractivity contribution in [3.63, 3.8) is 0 Å². The van der Waals surface area contributed by atoms with E-state index in [2.05, 4.69) is 0 Å². The Morgan fingerprint density at radius 1 is 0.304 bits per heavy atom. The zero-order chi connectivity index (χ0) is 54.0. The summed E-state index contributed by atoms with van der Waals surface area (Å²) in [5.74, 6) is 0. The van der Waals surface area contributed by atoms with Gasteiger partial charge in [-0.05, 0) is 52.8 Å². The molecule has 0 bridgehead atoms. The SMILES string of the molecule is C[C@@H]1O[C@@H](O[C@@H]2[C@@H](OCc3ccccc3)[C@H](C)OC(O)[C@@H]2OCc2ccccc2)[C@H](OCc2ccccc2)[C@H](O[C@@H]2O[C@H](COCc3ccccc3)[C@@H](OCc3ccccc3)[C@H]2OCc2ccccc2)[C@H]1OCc1ccccc1. The van der Waals surface area contributed by atoms with E-state index in [-0.39, 0.29) is 46.2 Å². The van der Waals surface area contributed by atoms with Crippen molar-refractivity contribution in [3.05, 3.63) is 251 Å². The molecule has 7 aromatic carbocycles. The van der Waals surface area contributed by atoms with Gasteiger partial charge < -0.3 is 61.9 Å². The maximum absolute atomic E-state index is 11.9. The number of hydrogen-bond acceptors (Lipinski definition) is 13. The quantitative estimate of drug-likeness (QED) is 0.0553. The molecule has 3 aliphatic heterocycles. The summed E-state index contributed by atoms with van der Waals surface area (Å²) in [6.07, 6.45) is -12.4. The minimum absolute atomic E-state index is 0.154. The van der Waals surface area contributed by atoms with Gasteiger partial charge in [-0.1, -0.05) is 212 Å². The maximum Gasteiger partial charge on any atom is 0.187 e. The van der Waals surface area contributed by atoms with Crippen molar-refractivity contribution >= 4 is 0 Å². The summed E-state index contributed by atoms with van der Waals surface area (Å²) in [5, 5.41) is 11.9. The summed E-state index contributed by atoms with van der Waals surface area (Å²) in [5.41, 5.74) is 6.71. The van der Waals surface area contributed by atoms with Crippen LogP contribution in [0.2, 0.25) is 0 Å². The van der Waals surface area contributed by atoms with Gasteiger partial charge in [0.2, 0.25) is 0 Å². The lowest BCUT2D eigenvalue weighted by atomic mass is 9.96. The third-order valence-corrected chi connectivity index (χ3v) is 14.4. The largest absolute Gasteiger partial charge is 0.374 e. The molecule has 3 heterocycles.